The van der Waals surface area contributed by atoms with Gasteiger partial charge in [-0.15, -0.1) is 0 Å². The fraction of sp³-hybridized carbons (Fsp3) is 0.750. The predicted molar refractivity (Wildman–Crippen MR) is 28.2 cm³/mol. The number of methoxy groups -OCH3 is 1. The average molecular weight is 105 g/mol. The summed E-state index contributed by atoms with van der Waals surface area (Å²) in [5.74, 6) is 0. The van der Waals surface area contributed by atoms with E-state index in [9.17, 15) is 4.79 Å². The molecule has 0 heterocycles. The maximum absolute atomic E-state index is 10.1. The summed E-state index contributed by atoms with van der Waals surface area (Å²) >= 11 is 0. The van der Waals surface area contributed by atoms with Crippen LogP contribution in [-0.2, 0) is 4.74 Å². The third-order valence-corrected chi connectivity index (χ3v) is 0.507. The Balaban J connectivity index is 0. The number of hydrogen-bond donors (Lipinski definition) is 1. The third-order valence-electron chi connectivity index (χ3n) is 0.507. The number of rotatable bonds is 1. The van der Waals surface area contributed by atoms with Gasteiger partial charge in [-0.05, 0) is 6.92 Å². The quantitative estimate of drug-likeness (QED) is 0.530. The Labute approximate surface area is 44.1 Å². The first-order valence-electron chi connectivity index (χ1n) is 2.13. The molecule has 7 heavy (non-hydrogen) atoms. The van der Waals surface area contributed by atoms with Gasteiger partial charge in [0.25, 0.3) is 0 Å². The molecule has 0 spiro atoms. The topological polar surface area (TPSA) is 38.3 Å². The summed E-state index contributed by atoms with van der Waals surface area (Å²) in [7, 11) is 1.34. The summed E-state index contributed by atoms with van der Waals surface area (Å²) in [5, 5.41) is 2.43. The molecule has 1 amide bonds. The van der Waals surface area contributed by atoms with Crippen molar-refractivity contribution in [1.29, 1.82) is 0 Å². The highest BCUT2D eigenvalue weighted by Crippen LogP contribution is 1.66. The van der Waals surface area contributed by atoms with Crippen LogP contribution < -0.4 is 5.32 Å². The molecule has 0 aromatic carbocycles. The van der Waals surface area contributed by atoms with Gasteiger partial charge in [0.05, 0.1) is 7.11 Å². The molecule has 1 N–H and O–H groups in total. The van der Waals surface area contributed by atoms with Crippen LogP contribution >= 0.6 is 0 Å². The molecule has 0 aromatic heterocycles. The summed E-state index contributed by atoms with van der Waals surface area (Å²) in [6.07, 6.45) is -0.373. The van der Waals surface area contributed by atoms with E-state index in [-0.39, 0.29) is 7.52 Å². The van der Waals surface area contributed by atoms with E-state index in [2.05, 4.69) is 10.1 Å². The van der Waals surface area contributed by atoms with E-state index in [1.54, 1.807) is 0 Å². The number of amides is 1. The van der Waals surface area contributed by atoms with Crippen LogP contribution in [0.1, 0.15) is 8.35 Å². The van der Waals surface area contributed by atoms with Crippen LogP contribution in [0.5, 0.6) is 0 Å². The Morgan fingerprint density at radius 2 is 2.57 bits per heavy atom. The fourth-order valence-electron chi connectivity index (χ4n) is 0.217. The van der Waals surface area contributed by atoms with Gasteiger partial charge >= 0.3 is 6.09 Å². The lowest BCUT2D eigenvalue weighted by Crippen LogP contribution is -2.21. The maximum atomic E-state index is 10.1. The first kappa shape index (κ1) is 6.27. The molecule has 0 radical (unpaired) electrons. The van der Waals surface area contributed by atoms with Gasteiger partial charge in [-0.2, -0.15) is 0 Å². The average Bonchev–Trinajstić information content (AvgIpc) is 1.68. The molecule has 0 aliphatic rings. The van der Waals surface area contributed by atoms with Gasteiger partial charge in [0.1, 0.15) is 0 Å². The standard InChI is InChI=1S/C4H9NO2.H2/c1-3-5-4(6)7-2;/h3H2,1-2H3,(H,5,6);1H. The fourth-order valence-corrected chi connectivity index (χ4v) is 0.217. The van der Waals surface area contributed by atoms with Crippen molar-refractivity contribution in [3.8, 4) is 0 Å². The number of carbonyl (C=O) groups is 1. The summed E-state index contributed by atoms with van der Waals surface area (Å²) in [6.45, 7) is 2.45. The largest absolute Gasteiger partial charge is 0.453 e. The Morgan fingerprint density at radius 3 is 2.71 bits per heavy atom. The van der Waals surface area contributed by atoms with Crippen molar-refractivity contribution in [3.05, 3.63) is 0 Å². The highest BCUT2D eigenvalue weighted by atomic mass is 16.5. The van der Waals surface area contributed by atoms with Crippen molar-refractivity contribution in [2.75, 3.05) is 13.7 Å². The minimum absolute atomic E-state index is 0. The lowest BCUT2D eigenvalue weighted by atomic mass is 10.8. The molecule has 0 saturated carbocycles. The summed E-state index contributed by atoms with van der Waals surface area (Å²) in [6, 6.07) is 0. The number of nitrogens with one attached hydrogen (secondary N) is 1. The molecule has 3 nitrogen and oxygen atoms in total. The van der Waals surface area contributed by atoms with Gasteiger partial charge in [0, 0.05) is 7.97 Å². The van der Waals surface area contributed by atoms with Crippen molar-refractivity contribution >= 4 is 6.09 Å². The molecule has 0 aromatic rings. The number of ether oxygens (including phenoxy) is 1. The highest BCUT2D eigenvalue weighted by Gasteiger charge is 1.89. The van der Waals surface area contributed by atoms with Crippen molar-refractivity contribution in [1.82, 2.24) is 5.32 Å². The molecule has 0 bridgehead atoms. The molecule has 0 aliphatic heterocycles. The van der Waals surface area contributed by atoms with E-state index in [0.29, 0.717) is 6.54 Å². The van der Waals surface area contributed by atoms with E-state index < -0.39 is 0 Å². The van der Waals surface area contributed by atoms with Crippen molar-refractivity contribution < 1.29 is 11.0 Å². The lowest BCUT2D eigenvalue weighted by Gasteiger charge is -1.95. The summed E-state index contributed by atoms with van der Waals surface area (Å²) in [5.41, 5.74) is 0. The van der Waals surface area contributed by atoms with Crippen LogP contribution in [0.25, 0.3) is 0 Å². The van der Waals surface area contributed by atoms with Crippen molar-refractivity contribution in [2.45, 2.75) is 6.92 Å². The van der Waals surface area contributed by atoms with Crippen LogP contribution in [-0.4, -0.2) is 19.7 Å². The van der Waals surface area contributed by atoms with Crippen molar-refractivity contribution in [3.63, 3.8) is 0 Å². The van der Waals surface area contributed by atoms with Gasteiger partial charge in [-0.3, -0.25) is 0 Å². The molecular formula is C4H11NO2. The molecule has 0 aliphatic carbocycles. The predicted octanol–water partition coefficient (Wildman–Crippen LogP) is 0.608. The van der Waals surface area contributed by atoms with E-state index in [1.165, 1.54) is 7.11 Å². The van der Waals surface area contributed by atoms with Gasteiger partial charge in [0.2, 0.25) is 0 Å². The normalized spacial score (nSPS) is 7.71. The van der Waals surface area contributed by atoms with Gasteiger partial charge in [0.15, 0.2) is 0 Å². The summed E-state index contributed by atoms with van der Waals surface area (Å²) in [4.78, 5) is 10.1. The van der Waals surface area contributed by atoms with E-state index in [4.69, 9.17) is 0 Å². The zero-order valence-electron chi connectivity index (χ0n) is 4.52. The van der Waals surface area contributed by atoms with Crippen LogP contribution in [0, 0.1) is 0 Å². The Hall–Kier alpha value is -0.730. The molecule has 0 unspecified atom stereocenters. The first-order valence-corrected chi connectivity index (χ1v) is 2.13. The maximum Gasteiger partial charge on any atom is 0.406 e. The van der Waals surface area contributed by atoms with E-state index in [0.717, 1.165) is 0 Å². The second kappa shape index (κ2) is 3.46. The van der Waals surface area contributed by atoms with Gasteiger partial charge in [-0.25, -0.2) is 4.79 Å². The van der Waals surface area contributed by atoms with Crippen molar-refractivity contribution in [2.24, 2.45) is 0 Å². The van der Waals surface area contributed by atoms with Crippen LogP contribution in [0.2, 0.25) is 0 Å². The molecule has 44 valence electrons. The monoisotopic (exact) mass is 105 g/mol. The Morgan fingerprint density at radius 1 is 2.00 bits per heavy atom. The lowest BCUT2D eigenvalue weighted by molar-refractivity contribution is 0.171. The smallest absolute Gasteiger partial charge is 0.406 e. The SMILES string of the molecule is CCNC(=O)OC.[HH]. The number of hydrogen-bond acceptors (Lipinski definition) is 2. The zero-order valence-corrected chi connectivity index (χ0v) is 4.52. The zero-order chi connectivity index (χ0) is 5.70. The van der Waals surface area contributed by atoms with Crippen LogP contribution in [0.15, 0.2) is 0 Å². The number of carbonyl (C=O) groups excluding carboxylic acids is 1. The van der Waals surface area contributed by atoms with E-state index >= 15 is 0 Å². The highest BCUT2D eigenvalue weighted by molar-refractivity contribution is 5.66. The Kier molecular flexibility index (Phi) is 3.10. The second-order valence-corrected chi connectivity index (χ2v) is 1.02. The minimum atomic E-state index is -0.373. The molecule has 0 saturated heterocycles. The number of alkyl carbamates (subject to hydrolysis) is 1. The molecule has 0 rings (SSSR count). The summed E-state index contributed by atoms with van der Waals surface area (Å²) < 4.78 is 4.24. The molecular weight excluding hydrogens is 94.0 g/mol. The van der Waals surface area contributed by atoms with Crippen LogP contribution in [0.4, 0.5) is 4.79 Å². The molecule has 3 heteroatoms. The minimum Gasteiger partial charge on any atom is -0.453 e. The van der Waals surface area contributed by atoms with Crippen LogP contribution in [0.3, 0.4) is 0 Å². The second-order valence-electron chi connectivity index (χ2n) is 1.02. The molecule has 0 atom stereocenters. The molecule has 0 fully saturated rings. The first-order chi connectivity index (χ1) is 3.31. The third kappa shape index (κ3) is 3.09. The van der Waals surface area contributed by atoms with E-state index in [1.807, 2.05) is 6.92 Å². The van der Waals surface area contributed by atoms with Gasteiger partial charge in [-0.1, -0.05) is 0 Å². The van der Waals surface area contributed by atoms with Gasteiger partial charge < -0.3 is 10.1 Å². The Bertz CT molecular complexity index is 67.1.